The first-order valence-corrected chi connectivity index (χ1v) is 13.0. The first-order valence-electron chi connectivity index (χ1n) is 11.5. The van der Waals surface area contributed by atoms with Crippen molar-refractivity contribution in [3.8, 4) is 0 Å². The van der Waals surface area contributed by atoms with Crippen molar-refractivity contribution >= 4 is 27.8 Å². The molecule has 2 atom stereocenters. The molecule has 35 heavy (non-hydrogen) atoms. The molecule has 2 aromatic rings. The van der Waals surface area contributed by atoms with Gasteiger partial charge in [0.1, 0.15) is 6.04 Å². The molecule has 10 heteroatoms. The van der Waals surface area contributed by atoms with Crippen LogP contribution in [0.4, 0.5) is 0 Å². The number of likely N-dealkylation sites (tertiary alicyclic amines) is 1. The lowest BCUT2D eigenvalue weighted by atomic mass is 9.94. The number of aryl methyl sites for hydroxylation is 1. The Morgan fingerprint density at radius 3 is 2.20 bits per heavy atom. The van der Waals surface area contributed by atoms with Crippen molar-refractivity contribution in [1.82, 2.24) is 14.9 Å². The third-order valence-corrected chi connectivity index (χ3v) is 7.66. The smallest absolute Gasteiger partial charge is 0.326 e. The molecule has 0 spiro atoms. The number of aliphatic carboxylic acids is 1. The van der Waals surface area contributed by atoms with Crippen LogP contribution >= 0.6 is 0 Å². The highest BCUT2D eigenvalue weighted by atomic mass is 32.2. The van der Waals surface area contributed by atoms with Crippen molar-refractivity contribution in [1.29, 1.82) is 0 Å². The Hall–Kier alpha value is -3.24. The van der Waals surface area contributed by atoms with Crippen molar-refractivity contribution in [3.05, 3.63) is 65.7 Å². The van der Waals surface area contributed by atoms with E-state index in [1.54, 1.807) is 24.3 Å². The van der Waals surface area contributed by atoms with Gasteiger partial charge in [-0.3, -0.25) is 9.59 Å². The number of carbonyl (C=O) groups excluding carboxylic acids is 2. The van der Waals surface area contributed by atoms with E-state index in [2.05, 4.69) is 10.0 Å². The predicted molar refractivity (Wildman–Crippen MR) is 130 cm³/mol. The summed E-state index contributed by atoms with van der Waals surface area (Å²) in [7, 11) is -3.85. The highest BCUT2D eigenvalue weighted by Crippen LogP contribution is 2.19. The number of benzene rings is 2. The fourth-order valence-corrected chi connectivity index (χ4v) is 5.24. The summed E-state index contributed by atoms with van der Waals surface area (Å²) in [5.41, 5.74) is 1.73. The molecule has 2 aromatic carbocycles. The number of carbonyl (C=O) groups is 3. The zero-order valence-electron chi connectivity index (χ0n) is 19.8. The number of sulfonamides is 1. The topological polar surface area (TPSA) is 133 Å². The van der Waals surface area contributed by atoms with Crippen LogP contribution in [0.1, 0.15) is 30.9 Å². The minimum Gasteiger partial charge on any atom is -0.480 e. The summed E-state index contributed by atoms with van der Waals surface area (Å²) in [4.78, 5) is 38.8. The molecule has 0 radical (unpaired) electrons. The molecule has 1 aliphatic heterocycles. The Morgan fingerprint density at radius 2 is 1.63 bits per heavy atom. The number of amides is 2. The van der Waals surface area contributed by atoms with Crippen LogP contribution in [-0.4, -0.2) is 61.4 Å². The molecule has 0 aromatic heterocycles. The van der Waals surface area contributed by atoms with Crippen molar-refractivity contribution in [2.75, 3.05) is 13.1 Å². The molecule has 1 aliphatic rings. The fourth-order valence-electron chi connectivity index (χ4n) is 4.04. The third-order valence-electron chi connectivity index (χ3n) is 6.11. The lowest BCUT2D eigenvalue weighted by Crippen LogP contribution is -2.51. The molecular weight excluding hydrogens is 470 g/mol. The number of carboxylic acid groups (broad SMARTS) is 1. The monoisotopic (exact) mass is 501 g/mol. The van der Waals surface area contributed by atoms with Gasteiger partial charge in [-0.1, -0.05) is 48.0 Å². The van der Waals surface area contributed by atoms with Crippen molar-refractivity contribution in [2.45, 2.75) is 50.1 Å². The molecule has 188 valence electrons. The van der Waals surface area contributed by atoms with E-state index in [1.807, 2.05) is 25.1 Å². The quantitative estimate of drug-likeness (QED) is 0.479. The molecule has 1 saturated heterocycles. The average Bonchev–Trinajstić information content (AvgIpc) is 2.83. The lowest BCUT2D eigenvalue weighted by Gasteiger charge is -2.33. The average molecular weight is 502 g/mol. The molecule has 1 fully saturated rings. The maximum atomic E-state index is 12.8. The van der Waals surface area contributed by atoms with Gasteiger partial charge >= 0.3 is 5.97 Å². The van der Waals surface area contributed by atoms with Crippen LogP contribution in [0.5, 0.6) is 0 Å². The van der Waals surface area contributed by atoms with Crippen LogP contribution in [0.3, 0.4) is 0 Å². The molecular formula is C25H31N3O6S. The maximum absolute atomic E-state index is 12.8. The Morgan fingerprint density at radius 1 is 1.03 bits per heavy atom. The minimum absolute atomic E-state index is 0.0848. The van der Waals surface area contributed by atoms with E-state index < -0.39 is 34.0 Å². The number of nitrogens with zero attached hydrogens (tertiary/aromatic N) is 1. The molecule has 0 aliphatic carbocycles. The standard InChI is InChI=1S/C25H31N3O6S/c1-17-8-10-21(11-9-17)35(33,34)27-18(2)24(30)28-14-12-20(13-15-28)23(29)26-22(25(31)32)16-19-6-4-3-5-7-19/h3-11,18,20,22,27H,12-16H2,1-2H3,(H,26,29)(H,31,32)/t18-,22+/m0/s1. The largest absolute Gasteiger partial charge is 0.480 e. The summed E-state index contributed by atoms with van der Waals surface area (Å²) in [6, 6.07) is 13.4. The van der Waals surface area contributed by atoms with Gasteiger partial charge in [0.05, 0.1) is 10.9 Å². The summed E-state index contributed by atoms with van der Waals surface area (Å²) in [6.07, 6.45) is 0.914. The van der Waals surface area contributed by atoms with Crippen molar-refractivity contribution in [3.63, 3.8) is 0 Å². The van der Waals surface area contributed by atoms with E-state index in [1.165, 1.54) is 24.0 Å². The third kappa shape index (κ3) is 7.12. The van der Waals surface area contributed by atoms with Gasteiger partial charge in [-0.15, -0.1) is 0 Å². The van der Waals surface area contributed by atoms with E-state index in [0.717, 1.165) is 11.1 Å². The van der Waals surface area contributed by atoms with Gasteiger partial charge in [0.15, 0.2) is 0 Å². The summed E-state index contributed by atoms with van der Waals surface area (Å²) in [5.74, 6) is -2.25. The molecule has 0 bridgehead atoms. The summed E-state index contributed by atoms with van der Waals surface area (Å²) in [5, 5.41) is 12.1. The van der Waals surface area contributed by atoms with Crippen LogP contribution in [0, 0.1) is 12.8 Å². The zero-order chi connectivity index (χ0) is 25.6. The van der Waals surface area contributed by atoms with Crippen LogP contribution in [0.25, 0.3) is 0 Å². The molecule has 0 saturated carbocycles. The lowest BCUT2D eigenvalue weighted by molar-refractivity contribution is -0.143. The van der Waals surface area contributed by atoms with Crippen molar-refractivity contribution in [2.24, 2.45) is 5.92 Å². The SMILES string of the molecule is Cc1ccc(S(=O)(=O)N[C@@H](C)C(=O)N2CCC(C(=O)N[C@H](Cc3ccccc3)C(=O)O)CC2)cc1. The van der Waals surface area contributed by atoms with E-state index in [0.29, 0.717) is 12.8 Å². The number of hydrogen-bond donors (Lipinski definition) is 3. The van der Waals surface area contributed by atoms with Crippen LogP contribution in [-0.2, 0) is 30.8 Å². The Kier molecular flexibility index (Phi) is 8.63. The van der Waals surface area contributed by atoms with Gasteiger partial charge in [0, 0.05) is 25.4 Å². The second kappa shape index (κ2) is 11.5. The number of hydrogen-bond acceptors (Lipinski definition) is 5. The normalized spacial score (nSPS) is 16.3. The number of piperidine rings is 1. The molecule has 0 unspecified atom stereocenters. The summed E-state index contributed by atoms with van der Waals surface area (Å²) >= 11 is 0. The number of nitrogens with one attached hydrogen (secondary N) is 2. The number of rotatable bonds is 9. The second-order valence-corrected chi connectivity index (χ2v) is 10.6. The van der Waals surface area contributed by atoms with Gasteiger partial charge < -0.3 is 15.3 Å². The fraction of sp³-hybridized carbons (Fsp3) is 0.400. The Bertz CT molecular complexity index is 1140. The molecule has 3 N–H and O–H groups in total. The van der Waals surface area contributed by atoms with E-state index in [4.69, 9.17) is 0 Å². The van der Waals surface area contributed by atoms with Gasteiger partial charge in [0.25, 0.3) is 0 Å². The van der Waals surface area contributed by atoms with Crippen LogP contribution in [0.2, 0.25) is 0 Å². The van der Waals surface area contributed by atoms with Gasteiger partial charge in [-0.2, -0.15) is 4.72 Å². The first-order chi connectivity index (χ1) is 16.6. The van der Waals surface area contributed by atoms with E-state index >= 15 is 0 Å². The Labute approximate surface area is 205 Å². The molecule has 2 amide bonds. The zero-order valence-corrected chi connectivity index (χ0v) is 20.6. The summed E-state index contributed by atoms with van der Waals surface area (Å²) in [6.45, 7) is 3.91. The van der Waals surface area contributed by atoms with E-state index in [9.17, 15) is 27.9 Å². The van der Waals surface area contributed by atoms with Crippen molar-refractivity contribution < 1.29 is 27.9 Å². The molecule has 3 rings (SSSR count). The van der Waals surface area contributed by atoms with Crippen LogP contribution in [0.15, 0.2) is 59.5 Å². The molecule has 9 nitrogen and oxygen atoms in total. The second-order valence-electron chi connectivity index (χ2n) is 8.84. The van der Waals surface area contributed by atoms with E-state index in [-0.39, 0.29) is 36.2 Å². The van der Waals surface area contributed by atoms with Crippen LogP contribution < -0.4 is 10.0 Å². The molecule has 1 heterocycles. The predicted octanol–water partition coefficient (Wildman–Crippen LogP) is 1.71. The maximum Gasteiger partial charge on any atom is 0.326 e. The number of carboxylic acids is 1. The first kappa shape index (κ1) is 26.4. The van der Waals surface area contributed by atoms with Gasteiger partial charge in [-0.25, -0.2) is 13.2 Å². The minimum atomic E-state index is -3.85. The summed E-state index contributed by atoms with van der Waals surface area (Å²) < 4.78 is 27.6. The highest BCUT2D eigenvalue weighted by Gasteiger charge is 2.32. The Balaban J connectivity index is 1.52. The van der Waals surface area contributed by atoms with Gasteiger partial charge in [-0.05, 0) is 44.4 Å². The van der Waals surface area contributed by atoms with Gasteiger partial charge in [0.2, 0.25) is 21.8 Å². The highest BCUT2D eigenvalue weighted by molar-refractivity contribution is 7.89.